The predicted octanol–water partition coefficient (Wildman–Crippen LogP) is 5.31. The van der Waals surface area contributed by atoms with Gasteiger partial charge in [0.1, 0.15) is 24.2 Å². The van der Waals surface area contributed by atoms with E-state index in [2.05, 4.69) is 5.38 Å². The maximum atomic E-state index is 11.0. The fourth-order valence-corrected chi connectivity index (χ4v) is 3.21. The molecular weight excluding hydrogens is 348 g/mol. The van der Waals surface area contributed by atoms with Crippen LogP contribution in [0.5, 0.6) is 11.5 Å². The van der Waals surface area contributed by atoms with Gasteiger partial charge in [0.05, 0.1) is 0 Å². The van der Waals surface area contributed by atoms with Crippen LogP contribution in [0.4, 0.5) is 0 Å². The van der Waals surface area contributed by atoms with Crippen LogP contribution < -0.4 is 9.47 Å². The molecule has 1 N–H and O–H groups in total. The molecule has 3 rings (SSSR count). The third kappa shape index (κ3) is 5.36. The zero-order chi connectivity index (χ0) is 18.2. The SMILES string of the molecule is O=C(O)CC[C@H](Oc1cccc(OCc2ccsc2)c1)c1ccccc1. The summed E-state index contributed by atoms with van der Waals surface area (Å²) in [4.78, 5) is 11.0. The summed E-state index contributed by atoms with van der Waals surface area (Å²) >= 11 is 1.64. The zero-order valence-electron chi connectivity index (χ0n) is 14.2. The highest BCUT2D eigenvalue weighted by molar-refractivity contribution is 7.07. The summed E-state index contributed by atoms with van der Waals surface area (Å²) < 4.78 is 11.9. The fraction of sp³-hybridized carbons (Fsp3) is 0.190. The van der Waals surface area contributed by atoms with E-state index in [4.69, 9.17) is 14.6 Å². The van der Waals surface area contributed by atoms with E-state index in [1.807, 2.05) is 66.0 Å². The largest absolute Gasteiger partial charge is 0.489 e. The van der Waals surface area contributed by atoms with Gasteiger partial charge in [-0.25, -0.2) is 0 Å². The molecule has 26 heavy (non-hydrogen) atoms. The van der Waals surface area contributed by atoms with Crippen molar-refractivity contribution in [3.05, 3.63) is 82.6 Å². The van der Waals surface area contributed by atoms with E-state index < -0.39 is 5.97 Å². The molecule has 1 aromatic heterocycles. The summed E-state index contributed by atoms with van der Waals surface area (Å²) in [6.07, 6.45) is 0.132. The lowest BCUT2D eigenvalue weighted by Gasteiger charge is -2.19. The van der Waals surface area contributed by atoms with Gasteiger partial charge in [-0.2, -0.15) is 11.3 Å². The van der Waals surface area contributed by atoms with Crippen LogP contribution in [0.2, 0.25) is 0 Å². The quantitative estimate of drug-likeness (QED) is 0.556. The Morgan fingerprint density at radius 2 is 1.85 bits per heavy atom. The molecule has 2 aromatic carbocycles. The van der Waals surface area contributed by atoms with Crippen LogP contribution in [0.3, 0.4) is 0 Å². The van der Waals surface area contributed by atoms with Crippen molar-refractivity contribution in [2.24, 2.45) is 0 Å². The van der Waals surface area contributed by atoms with Gasteiger partial charge < -0.3 is 14.6 Å². The highest BCUT2D eigenvalue weighted by Gasteiger charge is 2.15. The second kappa shape index (κ2) is 9.06. The average Bonchev–Trinajstić information content (AvgIpc) is 3.18. The standard InChI is InChI=1S/C21H20O4S/c22-21(23)10-9-20(17-5-2-1-3-6-17)25-19-8-4-7-18(13-19)24-14-16-11-12-26-15-16/h1-8,11-13,15,20H,9-10,14H2,(H,22,23)/t20-/m0/s1. The monoisotopic (exact) mass is 368 g/mol. The van der Waals surface area contributed by atoms with E-state index in [1.165, 1.54) is 0 Å². The van der Waals surface area contributed by atoms with Crippen molar-refractivity contribution in [2.45, 2.75) is 25.6 Å². The maximum Gasteiger partial charge on any atom is 0.303 e. The Morgan fingerprint density at radius 1 is 1.04 bits per heavy atom. The Bertz CT molecular complexity index is 815. The van der Waals surface area contributed by atoms with Crippen molar-refractivity contribution in [1.29, 1.82) is 0 Å². The number of hydrogen-bond donors (Lipinski definition) is 1. The molecule has 134 valence electrons. The molecule has 0 saturated heterocycles. The van der Waals surface area contributed by atoms with E-state index in [9.17, 15) is 4.79 Å². The van der Waals surface area contributed by atoms with Crippen molar-refractivity contribution in [3.8, 4) is 11.5 Å². The molecule has 0 spiro atoms. The van der Waals surface area contributed by atoms with Gasteiger partial charge in [-0.1, -0.05) is 36.4 Å². The molecule has 5 heteroatoms. The summed E-state index contributed by atoms with van der Waals surface area (Å²) in [5, 5.41) is 13.1. The van der Waals surface area contributed by atoms with Gasteiger partial charge in [-0.3, -0.25) is 4.79 Å². The number of carbonyl (C=O) groups is 1. The van der Waals surface area contributed by atoms with E-state index in [0.29, 0.717) is 18.8 Å². The van der Waals surface area contributed by atoms with Gasteiger partial charge in [-0.15, -0.1) is 0 Å². The smallest absolute Gasteiger partial charge is 0.303 e. The van der Waals surface area contributed by atoms with Crippen molar-refractivity contribution < 1.29 is 19.4 Å². The first-order chi connectivity index (χ1) is 12.7. The summed E-state index contributed by atoms with van der Waals surface area (Å²) in [5.41, 5.74) is 2.09. The molecule has 1 heterocycles. The first-order valence-corrected chi connectivity index (χ1v) is 9.32. The minimum atomic E-state index is -0.831. The normalized spacial score (nSPS) is 11.7. The molecule has 1 atom stereocenters. The maximum absolute atomic E-state index is 11.0. The number of carboxylic acids is 1. The molecule has 3 aromatic rings. The predicted molar refractivity (Wildman–Crippen MR) is 102 cm³/mol. The summed E-state index contributed by atoms with van der Waals surface area (Å²) in [6, 6.07) is 19.1. The number of thiophene rings is 1. The fourth-order valence-electron chi connectivity index (χ4n) is 2.56. The Labute approximate surface area is 156 Å². The van der Waals surface area contributed by atoms with Crippen LogP contribution >= 0.6 is 11.3 Å². The van der Waals surface area contributed by atoms with Crippen LogP contribution in [0.1, 0.15) is 30.1 Å². The molecule has 0 aliphatic heterocycles. The third-order valence-corrected chi connectivity index (χ3v) is 4.59. The number of rotatable bonds is 9. The lowest BCUT2D eigenvalue weighted by Crippen LogP contribution is -2.10. The Hall–Kier alpha value is -2.79. The highest BCUT2D eigenvalue weighted by atomic mass is 32.1. The third-order valence-electron chi connectivity index (χ3n) is 3.86. The van der Waals surface area contributed by atoms with Crippen LogP contribution in [0.25, 0.3) is 0 Å². The molecule has 0 saturated carbocycles. The van der Waals surface area contributed by atoms with Crippen molar-refractivity contribution in [2.75, 3.05) is 0 Å². The van der Waals surface area contributed by atoms with Gasteiger partial charge >= 0.3 is 5.97 Å². The average molecular weight is 368 g/mol. The number of ether oxygens (including phenoxy) is 2. The first-order valence-electron chi connectivity index (χ1n) is 8.38. The van der Waals surface area contributed by atoms with E-state index >= 15 is 0 Å². The van der Waals surface area contributed by atoms with Crippen LogP contribution in [0.15, 0.2) is 71.4 Å². The van der Waals surface area contributed by atoms with Crippen molar-refractivity contribution in [1.82, 2.24) is 0 Å². The summed E-state index contributed by atoms with van der Waals surface area (Å²) in [5.74, 6) is 0.549. The molecule has 0 aliphatic carbocycles. The number of carboxylic acid groups (broad SMARTS) is 1. The molecule has 0 fully saturated rings. The van der Waals surface area contributed by atoms with Crippen molar-refractivity contribution in [3.63, 3.8) is 0 Å². The van der Waals surface area contributed by atoms with Gasteiger partial charge in [0.15, 0.2) is 0 Å². The van der Waals surface area contributed by atoms with Gasteiger partial charge in [0, 0.05) is 12.5 Å². The molecule has 0 aliphatic rings. The summed E-state index contributed by atoms with van der Waals surface area (Å²) in [6.45, 7) is 0.508. The Balaban J connectivity index is 1.69. The minimum Gasteiger partial charge on any atom is -0.489 e. The lowest BCUT2D eigenvalue weighted by molar-refractivity contribution is -0.137. The molecule has 0 unspecified atom stereocenters. The van der Waals surface area contributed by atoms with Gasteiger partial charge in [0.25, 0.3) is 0 Å². The first kappa shape index (κ1) is 18.0. The van der Waals surface area contributed by atoms with Gasteiger partial charge in [0.2, 0.25) is 0 Å². The minimum absolute atomic E-state index is 0.0495. The lowest BCUT2D eigenvalue weighted by atomic mass is 10.0. The second-order valence-corrected chi connectivity index (χ2v) is 6.62. The van der Waals surface area contributed by atoms with Crippen LogP contribution in [-0.4, -0.2) is 11.1 Å². The van der Waals surface area contributed by atoms with E-state index in [-0.39, 0.29) is 12.5 Å². The topological polar surface area (TPSA) is 55.8 Å². The molecule has 0 amide bonds. The van der Waals surface area contributed by atoms with Crippen LogP contribution in [-0.2, 0) is 11.4 Å². The summed E-state index contributed by atoms with van der Waals surface area (Å²) in [7, 11) is 0. The number of aliphatic carboxylic acids is 1. The Morgan fingerprint density at radius 3 is 2.58 bits per heavy atom. The van der Waals surface area contributed by atoms with E-state index in [1.54, 1.807) is 11.3 Å². The zero-order valence-corrected chi connectivity index (χ0v) is 15.0. The highest BCUT2D eigenvalue weighted by Crippen LogP contribution is 2.28. The molecule has 4 nitrogen and oxygen atoms in total. The Kier molecular flexibility index (Phi) is 6.28. The van der Waals surface area contributed by atoms with Gasteiger partial charge in [-0.05, 0) is 46.5 Å². The number of hydrogen-bond acceptors (Lipinski definition) is 4. The molecule has 0 bridgehead atoms. The van der Waals surface area contributed by atoms with E-state index in [0.717, 1.165) is 16.9 Å². The second-order valence-electron chi connectivity index (χ2n) is 5.84. The number of benzene rings is 2. The molecular formula is C21H20O4S. The van der Waals surface area contributed by atoms with Crippen LogP contribution in [0, 0.1) is 0 Å². The molecule has 0 radical (unpaired) electrons. The van der Waals surface area contributed by atoms with Crippen molar-refractivity contribution >= 4 is 17.3 Å².